The Kier molecular flexibility index (Phi) is 7.95. The van der Waals surface area contributed by atoms with E-state index in [9.17, 15) is 19.2 Å². The molecule has 0 bridgehead atoms. The molecule has 7 nitrogen and oxygen atoms in total. The molecule has 1 saturated heterocycles. The van der Waals surface area contributed by atoms with Crippen LogP contribution in [0, 0.1) is 0 Å². The quantitative estimate of drug-likeness (QED) is 0.398. The van der Waals surface area contributed by atoms with Crippen LogP contribution in [0.5, 0.6) is 0 Å². The minimum atomic E-state index is -0.973. The first-order valence-electron chi connectivity index (χ1n) is 12.6. The third-order valence-corrected chi connectivity index (χ3v) is 6.96. The van der Waals surface area contributed by atoms with Gasteiger partial charge in [0.2, 0.25) is 11.8 Å². The SMILES string of the molecule is CCCCCC1CCC(=O)N1CCNC(=O)[C@H](Cc1ccccc1)N1C(=O)c2ccccc2C1=O. The van der Waals surface area contributed by atoms with E-state index in [1.807, 2.05) is 35.2 Å². The fourth-order valence-corrected chi connectivity index (χ4v) is 5.08. The molecule has 0 radical (unpaired) electrons. The van der Waals surface area contributed by atoms with Crippen LogP contribution in [-0.2, 0) is 16.0 Å². The van der Waals surface area contributed by atoms with Crippen molar-refractivity contribution < 1.29 is 19.2 Å². The Bertz CT molecular complexity index is 1050. The zero-order valence-electron chi connectivity index (χ0n) is 20.2. The number of nitrogens with one attached hydrogen (secondary N) is 1. The predicted octanol–water partition coefficient (Wildman–Crippen LogP) is 3.58. The maximum Gasteiger partial charge on any atom is 0.262 e. The number of likely N-dealkylation sites (tertiary alicyclic amines) is 1. The molecule has 0 spiro atoms. The van der Waals surface area contributed by atoms with E-state index in [2.05, 4.69) is 12.2 Å². The second kappa shape index (κ2) is 11.3. The molecule has 1 fully saturated rings. The summed E-state index contributed by atoms with van der Waals surface area (Å²) >= 11 is 0. The first-order chi connectivity index (χ1) is 17.0. The number of fused-ring (bicyclic) bond motifs is 1. The van der Waals surface area contributed by atoms with E-state index < -0.39 is 23.8 Å². The van der Waals surface area contributed by atoms with Crippen molar-refractivity contribution in [3.63, 3.8) is 0 Å². The number of carbonyl (C=O) groups is 4. The Morgan fingerprint density at radius 3 is 2.29 bits per heavy atom. The molecule has 2 aromatic rings. The fourth-order valence-electron chi connectivity index (χ4n) is 5.08. The van der Waals surface area contributed by atoms with Gasteiger partial charge in [-0.3, -0.25) is 24.1 Å². The van der Waals surface area contributed by atoms with Gasteiger partial charge in [0.15, 0.2) is 0 Å². The summed E-state index contributed by atoms with van der Waals surface area (Å²) in [6.07, 6.45) is 6.00. The summed E-state index contributed by atoms with van der Waals surface area (Å²) < 4.78 is 0. The van der Waals surface area contributed by atoms with Crippen molar-refractivity contribution in [3.05, 3.63) is 71.3 Å². The van der Waals surface area contributed by atoms with Gasteiger partial charge in [0.1, 0.15) is 6.04 Å². The van der Waals surface area contributed by atoms with Crippen molar-refractivity contribution in [2.24, 2.45) is 0 Å². The lowest BCUT2D eigenvalue weighted by molar-refractivity contribution is -0.130. The second-order valence-corrected chi connectivity index (χ2v) is 9.30. The van der Waals surface area contributed by atoms with Crippen molar-refractivity contribution in [2.45, 2.75) is 64.0 Å². The summed E-state index contributed by atoms with van der Waals surface area (Å²) in [7, 11) is 0. The molecule has 0 aliphatic carbocycles. The lowest BCUT2D eigenvalue weighted by Crippen LogP contribution is -2.52. The summed E-state index contributed by atoms with van der Waals surface area (Å²) in [6, 6.07) is 15.3. The first kappa shape index (κ1) is 24.6. The lowest BCUT2D eigenvalue weighted by Gasteiger charge is -2.27. The smallest absolute Gasteiger partial charge is 0.262 e. The molecular weight excluding hydrogens is 442 g/mol. The van der Waals surface area contributed by atoms with Gasteiger partial charge in [0.05, 0.1) is 11.1 Å². The van der Waals surface area contributed by atoms with Crippen LogP contribution in [0.25, 0.3) is 0 Å². The summed E-state index contributed by atoms with van der Waals surface area (Å²) in [4.78, 5) is 55.0. The summed E-state index contributed by atoms with van der Waals surface area (Å²) in [5.41, 5.74) is 1.50. The minimum Gasteiger partial charge on any atom is -0.353 e. The van der Waals surface area contributed by atoms with Crippen LogP contribution in [0.1, 0.15) is 71.7 Å². The van der Waals surface area contributed by atoms with Crippen LogP contribution >= 0.6 is 0 Å². The molecule has 7 heteroatoms. The monoisotopic (exact) mass is 475 g/mol. The molecule has 184 valence electrons. The minimum absolute atomic E-state index is 0.127. The normalized spacial score (nSPS) is 18.2. The van der Waals surface area contributed by atoms with E-state index in [1.165, 1.54) is 0 Å². The van der Waals surface area contributed by atoms with Crippen molar-refractivity contribution in [1.82, 2.24) is 15.1 Å². The van der Waals surface area contributed by atoms with Gasteiger partial charge in [0.25, 0.3) is 11.8 Å². The highest BCUT2D eigenvalue weighted by atomic mass is 16.2. The average Bonchev–Trinajstić information content (AvgIpc) is 3.35. The average molecular weight is 476 g/mol. The van der Waals surface area contributed by atoms with Crippen LogP contribution in [0.4, 0.5) is 0 Å². The highest BCUT2D eigenvalue weighted by molar-refractivity contribution is 6.22. The van der Waals surface area contributed by atoms with E-state index in [0.29, 0.717) is 24.1 Å². The molecule has 35 heavy (non-hydrogen) atoms. The summed E-state index contributed by atoms with van der Waals surface area (Å²) in [6.45, 7) is 2.87. The van der Waals surface area contributed by atoms with E-state index in [4.69, 9.17) is 0 Å². The number of rotatable bonds is 11. The number of amides is 4. The summed E-state index contributed by atoms with van der Waals surface area (Å²) in [5, 5.41) is 2.90. The van der Waals surface area contributed by atoms with Gasteiger partial charge in [-0.1, -0.05) is 68.7 Å². The molecule has 2 atom stereocenters. The molecule has 1 unspecified atom stereocenters. The number of carbonyl (C=O) groups excluding carboxylic acids is 4. The van der Waals surface area contributed by atoms with Gasteiger partial charge < -0.3 is 10.2 Å². The van der Waals surface area contributed by atoms with Crippen molar-refractivity contribution in [3.8, 4) is 0 Å². The standard InChI is InChI=1S/C28H33N3O4/c1-2-3-5-12-21-15-16-25(32)30(21)18-17-29-26(33)24(19-20-10-6-4-7-11-20)31-27(34)22-13-8-9-14-23(22)28(31)35/h4,6-11,13-14,21,24H,2-3,5,12,15-19H2,1H3,(H,29,33)/t21?,24-/m0/s1. The zero-order valence-corrected chi connectivity index (χ0v) is 20.2. The molecule has 0 aromatic heterocycles. The zero-order chi connectivity index (χ0) is 24.8. The summed E-state index contributed by atoms with van der Waals surface area (Å²) in [5.74, 6) is -1.17. The van der Waals surface area contributed by atoms with Gasteiger partial charge in [-0.05, 0) is 30.5 Å². The van der Waals surface area contributed by atoms with Gasteiger partial charge in [-0.25, -0.2) is 0 Å². The molecule has 2 heterocycles. The van der Waals surface area contributed by atoms with Crippen LogP contribution < -0.4 is 5.32 Å². The molecule has 0 saturated carbocycles. The third-order valence-electron chi connectivity index (χ3n) is 6.96. The number of benzene rings is 2. The van der Waals surface area contributed by atoms with E-state index in [1.54, 1.807) is 24.3 Å². The molecule has 4 amide bonds. The molecule has 2 aromatic carbocycles. The van der Waals surface area contributed by atoms with Crippen molar-refractivity contribution in [2.75, 3.05) is 13.1 Å². The predicted molar refractivity (Wildman–Crippen MR) is 133 cm³/mol. The topological polar surface area (TPSA) is 86.8 Å². The van der Waals surface area contributed by atoms with Gasteiger partial charge in [-0.15, -0.1) is 0 Å². The van der Waals surface area contributed by atoms with Crippen molar-refractivity contribution >= 4 is 23.6 Å². The number of nitrogens with zero attached hydrogens (tertiary/aromatic N) is 2. The van der Waals surface area contributed by atoms with Crippen LogP contribution in [0.15, 0.2) is 54.6 Å². The number of unbranched alkanes of at least 4 members (excludes halogenated alkanes) is 2. The first-order valence-corrected chi connectivity index (χ1v) is 12.6. The maximum absolute atomic E-state index is 13.4. The Labute approximate surface area is 206 Å². The number of hydrogen-bond acceptors (Lipinski definition) is 4. The van der Waals surface area contributed by atoms with Crippen LogP contribution in [-0.4, -0.2) is 58.6 Å². The molecule has 4 rings (SSSR count). The van der Waals surface area contributed by atoms with Gasteiger partial charge in [0, 0.05) is 32.0 Å². The van der Waals surface area contributed by atoms with E-state index >= 15 is 0 Å². The second-order valence-electron chi connectivity index (χ2n) is 9.30. The molecule has 2 aliphatic rings. The van der Waals surface area contributed by atoms with Gasteiger partial charge >= 0.3 is 0 Å². The Morgan fingerprint density at radius 1 is 0.971 bits per heavy atom. The molecule has 1 N–H and O–H groups in total. The third kappa shape index (κ3) is 5.45. The van der Waals surface area contributed by atoms with Crippen molar-refractivity contribution in [1.29, 1.82) is 0 Å². The van der Waals surface area contributed by atoms with Crippen LogP contribution in [0.2, 0.25) is 0 Å². The van der Waals surface area contributed by atoms with E-state index in [-0.39, 0.29) is 24.9 Å². The van der Waals surface area contributed by atoms with Gasteiger partial charge in [-0.2, -0.15) is 0 Å². The van der Waals surface area contributed by atoms with Crippen LogP contribution in [0.3, 0.4) is 0 Å². The lowest BCUT2D eigenvalue weighted by atomic mass is 10.0. The molecular formula is C28H33N3O4. The highest BCUT2D eigenvalue weighted by Crippen LogP contribution is 2.26. The number of hydrogen-bond donors (Lipinski definition) is 1. The Hall–Kier alpha value is -3.48. The van der Waals surface area contributed by atoms with E-state index in [0.717, 1.165) is 42.6 Å². The number of imide groups is 1. The Morgan fingerprint density at radius 2 is 1.63 bits per heavy atom. The fraction of sp³-hybridized carbons (Fsp3) is 0.429. The molecule has 2 aliphatic heterocycles. The maximum atomic E-state index is 13.4. The Balaban J connectivity index is 1.45. The largest absolute Gasteiger partial charge is 0.353 e. The highest BCUT2D eigenvalue weighted by Gasteiger charge is 2.42.